The maximum Gasteiger partial charge on any atom is 0.187 e. The predicted octanol–water partition coefficient (Wildman–Crippen LogP) is -2.14. The first kappa shape index (κ1) is 59.0. The minimum Gasteiger partial charge on any atom is -0.394 e. The normalized spacial score (nSPS) is 58.3. The first-order valence-corrected chi connectivity index (χ1v) is 28.1. The van der Waals surface area contributed by atoms with E-state index in [0.717, 1.165) is 44.8 Å². The number of hydrogen-bond donors (Lipinski definition) is 13. The molecule has 3 unspecified atom stereocenters. The fourth-order valence-corrected chi connectivity index (χ4v) is 17.9. The van der Waals surface area contributed by atoms with Crippen molar-refractivity contribution in [2.75, 3.05) is 26.4 Å². The van der Waals surface area contributed by atoms with Crippen molar-refractivity contribution in [1.29, 1.82) is 0 Å². The van der Waals surface area contributed by atoms with E-state index in [1.54, 1.807) is 0 Å². The molecule has 5 saturated heterocycles. The van der Waals surface area contributed by atoms with Gasteiger partial charge in [0.1, 0.15) is 97.8 Å². The Kier molecular flexibility index (Phi) is 16.0. The molecule has 23 heteroatoms. The second kappa shape index (κ2) is 20.8. The molecule has 10 fully saturated rings. The van der Waals surface area contributed by atoms with Crippen molar-refractivity contribution in [3.63, 3.8) is 0 Å². The van der Waals surface area contributed by atoms with Crippen LogP contribution in [0.2, 0.25) is 0 Å². The number of carbonyl (C=O) groups excluding carboxylic acids is 1. The van der Waals surface area contributed by atoms with E-state index in [1.165, 1.54) is 6.92 Å². The number of fused-ring (bicyclic) bond motifs is 4. The fraction of sp³-hybridized carbons (Fsp3) is 0.981. The average Bonchev–Trinajstić information content (AvgIpc) is 3.95. The number of rotatable bonds is 12. The summed E-state index contributed by atoms with van der Waals surface area (Å²) >= 11 is 0. The van der Waals surface area contributed by atoms with Gasteiger partial charge in [-0.3, -0.25) is 0 Å². The molecule has 0 aromatic rings. The molecular weight excluding hydrogens is 1020 g/mol. The summed E-state index contributed by atoms with van der Waals surface area (Å²) in [5, 5.41) is 143. The fourth-order valence-electron chi connectivity index (χ4n) is 17.9. The summed E-state index contributed by atoms with van der Waals surface area (Å²) < 4.78 is 57.8. The lowest BCUT2D eigenvalue weighted by Gasteiger charge is -2.75. The lowest BCUT2D eigenvalue weighted by Crippen LogP contribution is -2.74. The highest BCUT2D eigenvalue weighted by Gasteiger charge is 2.80. The molecule has 5 saturated carbocycles. The van der Waals surface area contributed by atoms with Gasteiger partial charge in [-0.1, -0.05) is 41.5 Å². The molecule has 0 aromatic heterocycles. The third-order valence-electron chi connectivity index (χ3n) is 22.7. The number of hydrogen-bond acceptors (Lipinski definition) is 23. The molecule has 0 radical (unpaired) electrons. The van der Waals surface area contributed by atoms with Gasteiger partial charge in [-0.25, -0.2) is 0 Å². The third kappa shape index (κ3) is 8.83. The van der Waals surface area contributed by atoms with Crippen molar-refractivity contribution >= 4 is 6.29 Å². The molecule has 13 N–H and O–H groups in total. The van der Waals surface area contributed by atoms with Gasteiger partial charge in [0.15, 0.2) is 25.2 Å². The topological polar surface area (TPSA) is 363 Å². The standard InChI is InChI=1S/C54H88O23/c1-23-32(60)35(63)38(66)44(70-23)75-41-26(20-57)73-47(43(77-46-40(68)37(65)34(62)25(19-56)72-46)42(41)76-45-39(67)36(64)33(61)24(18-55)71-45)74-31-10-11-50(5)27(48(31,2)3)8-12-51(6)28(50)9-13-54-29-16-49(4,21-58)14-15-53(29,22-69-54)30(59)17-52(51,54)7/h21,23-47,55-57,59-68H,8-20,22H2,1-7H3/t23-,24+,25+,26+,27?,28+,29-,30+,31-,32-,33+,34+,35+,36-,37-,38+,39+,40+,41+,42-,43+,44-,45+,46-,47+,49+,50-,51+,52-,53?,54?/m0/s1. The summed E-state index contributed by atoms with van der Waals surface area (Å²) in [5.41, 5.74) is -2.99. The van der Waals surface area contributed by atoms with Crippen LogP contribution in [0.25, 0.3) is 0 Å². The zero-order valence-corrected chi connectivity index (χ0v) is 45.3. The van der Waals surface area contributed by atoms with Gasteiger partial charge in [0, 0.05) is 16.2 Å². The number of aliphatic hydroxyl groups is 13. The van der Waals surface area contributed by atoms with Crippen molar-refractivity contribution in [3.8, 4) is 0 Å². The van der Waals surface area contributed by atoms with Crippen LogP contribution in [0.1, 0.15) is 113 Å². The van der Waals surface area contributed by atoms with Crippen molar-refractivity contribution in [1.82, 2.24) is 0 Å². The third-order valence-corrected chi connectivity index (χ3v) is 22.7. The highest BCUT2D eigenvalue weighted by molar-refractivity contribution is 5.59. The molecule has 1 spiro atoms. The van der Waals surface area contributed by atoms with Gasteiger partial charge in [-0.15, -0.1) is 0 Å². The molecule has 10 rings (SSSR count). The van der Waals surface area contributed by atoms with E-state index < -0.39 is 177 Å². The Labute approximate surface area is 449 Å². The van der Waals surface area contributed by atoms with Gasteiger partial charge in [-0.2, -0.15) is 0 Å². The Morgan fingerprint density at radius 3 is 1.62 bits per heavy atom. The second-order valence-corrected chi connectivity index (χ2v) is 26.7. The van der Waals surface area contributed by atoms with E-state index >= 15 is 0 Å². The average molecular weight is 1110 g/mol. The van der Waals surface area contributed by atoms with E-state index in [9.17, 15) is 71.2 Å². The molecule has 10 aliphatic rings. The minimum absolute atomic E-state index is 0.0302. The number of aldehydes is 1. The summed E-state index contributed by atoms with van der Waals surface area (Å²) in [4.78, 5) is 12.6. The maximum absolute atomic E-state index is 12.6. The molecular formula is C54H88O23. The summed E-state index contributed by atoms with van der Waals surface area (Å²) in [6, 6.07) is 0. The van der Waals surface area contributed by atoms with Crippen LogP contribution < -0.4 is 0 Å². The lowest BCUT2D eigenvalue weighted by atomic mass is 9.30. The zero-order valence-electron chi connectivity index (χ0n) is 45.3. The van der Waals surface area contributed by atoms with Gasteiger partial charge >= 0.3 is 0 Å². The Morgan fingerprint density at radius 2 is 1.04 bits per heavy atom. The minimum atomic E-state index is -2.02. The quantitative estimate of drug-likeness (QED) is 0.0732. The van der Waals surface area contributed by atoms with E-state index in [1.807, 2.05) is 6.92 Å². The molecule has 2 bridgehead atoms. The molecule has 442 valence electrons. The summed E-state index contributed by atoms with van der Waals surface area (Å²) in [6.45, 7) is 12.8. The molecule has 77 heavy (non-hydrogen) atoms. The zero-order chi connectivity index (χ0) is 55.9. The van der Waals surface area contributed by atoms with Crippen LogP contribution in [0.4, 0.5) is 0 Å². The maximum atomic E-state index is 12.6. The number of carbonyl (C=O) groups is 1. The van der Waals surface area contributed by atoms with Crippen LogP contribution in [0.3, 0.4) is 0 Å². The van der Waals surface area contributed by atoms with E-state index in [4.69, 9.17) is 42.6 Å². The van der Waals surface area contributed by atoms with Crippen molar-refractivity contribution < 1.29 is 114 Å². The smallest absolute Gasteiger partial charge is 0.187 e. The Balaban J connectivity index is 0.989. The predicted molar refractivity (Wildman–Crippen MR) is 261 cm³/mol. The first-order valence-electron chi connectivity index (χ1n) is 28.1. The van der Waals surface area contributed by atoms with Crippen LogP contribution in [-0.4, -0.2) is 240 Å². The van der Waals surface area contributed by atoms with Crippen molar-refractivity contribution in [2.24, 2.45) is 50.2 Å². The van der Waals surface area contributed by atoms with Crippen LogP contribution in [0.15, 0.2) is 0 Å². The Bertz CT molecular complexity index is 2110. The van der Waals surface area contributed by atoms with Gasteiger partial charge in [0.2, 0.25) is 0 Å². The summed E-state index contributed by atoms with van der Waals surface area (Å²) in [5.74, 6) is 0.257. The van der Waals surface area contributed by atoms with Gasteiger partial charge in [0.25, 0.3) is 0 Å². The monoisotopic (exact) mass is 1100 g/mol. The summed E-state index contributed by atoms with van der Waals surface area (Å²) in [6.07, 6.45) is -27.7. The van der Waals surface area contributed by atoms with Gasteiger partial charge < -0.3 is 114 Å². The molecule has 31 atom stereocenters. The van der Waals surface area contributed by atoms with Gasteiger partial charge in [-0.05, 0) is 105 Å². The van der Waals surface area contributed by atoms with Gasteiger partial charge in [0.05, 0.1) is 50.3 Å². The van der Waals surface area contributed by atoms with Crippen LogP contribution >= 0.6 is 0 Å². The molecule has 5 aliphatic heterocycles. The molecule has 0 aromatic carbocycles. The number of aliphatic hydroxyl groups excluding tert-OH is 13. The Morgan fingerprint density at radius 1 is 0.506 bits per heavy atom. The molecule has 0 amide bonds. The highest BCUT2D eigenvalue weighted by Crippen LogP contribution is 2.80. The first-order chi connectivity index (χ1) is 36.2. The Hall–Kier alpha value is -1.21. The lowest BCUT2D eigenvalue weighted by molar-refractivity contribution is -0.414. The van der Waals surface area contributed by atoms with E-state index in [2.05, 4.69) is 34.6 Å². The van der Waals surface area contributed by atoms with Crippen LogP contribution in [0.5, 0.6) is 0 Å². The summed E-state index contributed by atoms with van der Waals surface area (Å²) in [7, 11) is 0. The SMILES string of the molecule is C[C@@H]1O[C@@H](O[C@H]2[C@H](O[C@H]3O[C@H](CO)[C@@H](O)[C@H](O)[C@H]3O)[C@@H](O[C@@H]3O[C@H](CO)[C@@H](O)[C@H](O)[C@H]3O)[C@@H](O[C@H]3CC[C@@]4(C)C(CC[C@]5(C)[C@@H]4CCC46OCC7(CC[C@@](C)(C=O)C[C@@H]74)[C@H](O)C[C@]65C)C3(C)C)O[C@@H]2CO)[C@H](O)[C@H](O)[C@H]1O. The molecule has 23 nitrogen and oxygen atoms in total. The van der Waals surface area contributed by atoms with Crippen LogP contribution in [-0.2, 0) is 47.4 Å². The highest BCUT2D eigenvalue weighted by atomic mass is 16.8. The van der Waals surface area contributed by atoms with Crippen LogP contribution in [0, 0.1) is 50.2 Å². The largest absolute Gasteiger partial charge is 0.394 e. The van der Waals surface area contributed by atoms with Crippen molar-refractivity contribution in [2.45, 2.75) is 253 Å². The molecule has 5 aliphatic carbocycles. The number of ether oxygens (including phenoxy) is 9. The second-order valence-electron chi connectivity index (χ2n) is 26.7. The molecule has 5 heterocycles. The van der Waals surface area contributed by atoms with Crippen molar-refractivity contribution in [3.05, 3.63) is 0 Å². The van der Waals surface area contributed by atoms with E-state index in [-0.39, 0.29) is 34.0 Å². The van der Waals surface area contributed by atoms with E-state index in [0.29, 0.717) is 32.3 Å².